The Labute approximate surface area is 78.0 Å². The minimum absolute atomic E-state index is 0.144. The molecule has 0 amide bonds. The number of halogens is 8. The van der Waals surface area contributed by atoms with Crippen molar-refractivity contribution in [3.8, 4) is 0 Å². The highest BCUT2D eigenvalue weighted by Crippen LogP contribution is 2.48. The Balaban J connectivity index is 5.28. The standard InChI is InChI=1S/C6H4F8O/c1-2(15)3(7)4(8,9)5(10,11)6(12,13)14/h3H,1H3. The van der Waals surface area contributed by atoms with E-state index in [1.54, 1.807) is 0 Å². The van der Waals surface area contributed by atoms with Crippen molar-refractivity contribution in [2.45, 2.75) is 31.1 Å². The van der Waals surface area contributed by atoms with E-state index in [9.17, 15) is 39.9 Å². The van der Waals surface area contributed by atoms with Crippen molar-refractivity contribution in [3.63, 3.8) is 0 Å². The minimum Gasteiger partial charge on any atom is -0.296 e. The van der Waals surface area contributed by atoms with Crippen molar-refractivity contribution in [2.24, 2.45) is 0 Å². The van der Waals surface area contributed by atoms with Gasteiger partial charge in [0.25, 0.3) is 0 Å². The Bertz CT molecular complexity index is 254. The third kappa shape index (κ3) is 2.20. The Morgan fingerprint density at radius 1 is 1.00 bits per heavy atom. The quantitative estimate of drug-likeness (QED) is 0.697. The molecule has 0 aromatic rings. The lowest BCUT2D eigenvalue weighted by molar-refractivity contribution is -0.362. The van der Waals surface area contributed by atoms with Crippen molar-refractivity contribution in [3.05, 3.63) is 0 Å². The molecule has 1 unspecified atom stereocenters. The molecule has 9 heteroatoms. The van der Waals surface area contributed by atoms with E-state index in [1.807, 2.05) is 0 Å². The lowest BCUT2D eigenvalue weighted by atomic mass is 10.0. The van der Waals surface area contributed by atoms with E-state index < -0.39 is 30.0 Å². The molecule has 0 aromatic heterocycles. The third-order valence-electron chi connectivity index (χ3n) is 1.45. The molecule has 0 heterocycles. The molecule has 0 fully saturated rings. The molecule has 0 radical (unpaired) electrons. The smallest absolute Gasteiger partial charge is 0.296 e. The van der Waals surface area contributed by atoms with Crippen LogP contribution in [0.3, 0.4) is 0 Å². The van der Waals surface area contributed by atoms with Crippen LogP contribution in [0.1, 0.15) is 6.92 Å². The molecule has 90 valence electrons. The fourth-order valence-electron chi connectivity index (χ4n) is 0.603. The Hall–Kier alpha value is -0.890. The van der Waals surface area contributed by atoms with Gasteiger partial charge in [0.05, 0.1) is 0 Å². The van der Waals surface area contributed by atoms with Crippen LogP contribution in [-0.2, 0) is 4.79 Å². The molecule has 1 nitrogen and oxygen atoms in total. The summed E-state index contributed by atoms with van der Waals surface area (Å²) in [6, 6.07) is 0. The highest BCUT2D eigenvalue weighted by molar-refractivity contribution is 5.81. The van der Waals surface area contributed by atoms with Gasteiger partial charge in [-0.25, -0.2) is 4.39 Å². The average molecular weight is 244 g/mol. The summed E-state index contributed by atoms with van der Waals surface area (Å²) in [5.74, 6) is -14.8. The van der Waals surface area contributed by atoms with Gasteiger partial charge in [-0.1, -0.05) is 0 Å². The van der Waals surface area contributed by atoms with Crippen molar-refractivity contribution in [2.75, 3.05) is 0 Å². The monoisotopic (exact) mass is 244 g/mol. The maximum atomic E-state index is 12.3. The molecule has 0 bridgehead atoms. The predicted molar refractivity (Wildman–Crippen MR) is 31.5 cm³/mol. The van der Waals surface area contributed by atoms with Crippen LogP contribution in [0.5, 0.6) is 0 Å². The first kappa shape index (κ1) is 14.1. The summed E-state index contributed by atoms with van der Waals surface area (Å²) in [6.07, 6.45) is -10.8. The van der Waals surface area contributed by atoms with E-state index in [1.165, 1.54) is 0 Å². The number of hydrogen-bond acceptors (Lipinski definition) is 1. The first-order valence-corrected chi connectivity index (χ1v) is 3.32. The second kappa shape index (κ2) is 3.60. The summed E-state index contributed by atoms with van der Waals surface area (Å²) in [6.45, 7) is 0.144. The summed E-state index contributed by atoms with van der Waals surface area (Å²) in [5, 5.41) is 0. The van der Waals surface area contributed by atoms with Crippen molar-refractivity contribution in [1.29, 1.82) is 0 Å². The Morgan fingerprint density at radius 2 is 1.33 bits per heavy atom. The normalized spacial score (nSPS) is 16.3. The number of Topliss-reactive ketones (excluding diaryl/α,β-unsaturated/α-hetero) is 1. The van der Waals surface area contributed by atoms with Gasteiger partial charge in [0, 0.05) is 0 Å². The van der Waals surface area contributed by atoms with Crippen LogP contribution in [0, 0.1) is 0 Å². The second-order valence-corrected chi connectivity index (χ2v) is 2.67. The molecule has 0 aliphatic carbocycles. The molecule has 0 aromatic carbocycles. The second-order valence-electron chi connectivity index (χ2n) is 2.67. The lowest BCUT2D eigenvalue weighted by Gasteiger charge is -2.29. The van der Waals surface area contributed by atoms with E-state index in [0.29, 0.717) is 0 Å². The van der Waals surface area contributed by atoms with Gasteiger partial charge in [-0.05, 0) is 6.92 Å². The van der Waals surface area contributed by atoms with Crippen LogP contribution in [0.15, 0.2) is 0 Å². The molecule has 15 heavy (non-hydrogen) atoms. The third-order valence-corrected chi connectivity index (χ3v) is 1.45. The number of carbonyl (C=O) groups excluding carboxylic acids is 1. The number of alkyl halides is 8. The topological polar surface area (TPSA) is 17.1 Å². The highest BCUT2D eigenvalue weighted by atomic mass is 19.4. The number of rotatable bonds is 3. The molecule has 1 atom stereocenters. The van der Waals surface area contributed by atoms with Crippen molar-refractivity contribution < 1.29 is 39.9 Å². The summed E-state index contributed by atoms with van der Waals surface area (Å²) in [7, 11) is 0. The maximum Gasteiger partial charge on any atom is 0.460 e. The Morgan fingerprint density at radius 3 is 1.53 bits per heavy atom. The number of hydrogen-bond donors (Lipinski definition) is 0. The van der Waals surface area contributed by atoms with Gasteiger partial charge in [0.2, 0.25) is 6.17 Å². The fourth-order valence-corrected chi connectivity index (χ4v) is 0.603. The lowest BCUT2D eigenvalue weighted by Crippen LogP contribution is -2.58. The minimum atomic E-state index is -6.63. The SMILES string of the molecule is CC(=O)C(F)C(F)(F)C(F)(F)C(F)(F)F. The summed E-state index contributed by atoms with van der Waals surface area (Å²) in [4.78, 5) is 10.0. The van der Waals surface area contributed by atoms with E-state index in [2.05, 4.69) is 0 Å². The van der Waals surface area contributed by atoms with Gasteiger partial charge in [-0.2, -0.15) is 30.7 Å². The van der Waals surface area contributed by atoms with Crippen LogP contribution < -0.4 is 0 Å². The summed E-state index contributed by atoms with van der Waals surface area (Å²) < 4.78 is 95.2. The zero-order valence-corrected chi connectivity index (χ0v) is 7.01. The highest BCUT2D eigenvalue weighted by Gasteiger charge is 2.76. The fraction of sp³-hybridized carbons (Fsp3) is 0.833. The van der Waals surface area contributed by atoms with Crippen molar-refractivity contribution in [1.82, 2.24) is 0 Å². The summed E-state index contributed by atoms with van der Waals surface area (Å²) >= 11 is 0. The Kier molecular flexibility index (Phi) is 3.39. The van der Waals surface area contributed by atoms with Crippen LogP contribution in [0.25, 0.3) is 0 Å². The van der Waals surface area contributed by atoms with Gasteiger partial charge >= 0.3 is 18.0 Å². The molecule has 0 rings (SSSR count). The van der Waals surface area contributed by atoms with E-state index >= 15 is 0 Å². The van der Waals surface area contributed by atoms with E-state index in [4.69, 9.17) is 0 Å². The molecular weight excluding hydrogens is 240 g/mol. The average Bonchev–Trinajstić information content (AvgIpc) is 2.00. The zero-order chi connectivity index (χ0) is 12.7. The molecule has 0 saturated carbocycles. The van der Waals surface area contributed by atoms with Gasteiger partial charge in [0.1, 0.15) is 0 Å². The molecule has 0 saturated heterocycles. The first-order chi connectivity index (χ1) is 6.35. The van der Waals surface area contributed by atoms with Crippen LogP contribution >= 0.6 is 0 Å². The number of ketones is 1. The maximum absolute atomic E-state index is 12.3. The molecule has 0 N–H and O–H groups in total. The van der Waals surface area contributed by atoms with Crippen LogP contribution in [0.2, 0.25) is 0 Å². The van der Waals surface area contributed by atoms with Gasteiger partial charge in [-0.15, -0.1) is 0 Å². The van der Waals surface area contributed by atoms with E-state index in [0.717, 1.165) is 0 Å². The van der Waals surface area contributed by atoms with Gasteiger partial charge < -0.3 is 0 Å². The number of carbonyl (C=O) groups is 1. The molecule has 0 spiro atoms. The molecule has 0 aliphatic rings. The first-order valence-electron chi connectivity index (χ1n) is 3.32. The molecular formula is C6H4F8O. The zero-order valence-electron chi connectivity index (χ0n) is 7.01. The predicted octanol–water partition coefficient (Wildman–Crippen LogP) is 2.75. The van der Waals surface area contributed by atoms with E-state index in [-0.39, 0.29) is 6.92 Å². The van der Waals surface area contributed by atoms with Gasteiger partial charge in [-0.3, -0.25) is 4.79 Å². The largest absolute Gasteiger partial charge is 0.460 e. The van der Waals surface area contributed by atoms with Crippen molar-refractivity contribution >= 4 is 5.78 Å². The van der Waals surface area contributed by atoms with Crippen LogP contribution in [-0.4, -0.2) is 30.0 Å². The van der Waals surface area contributed by atoms with Crippen LogP contribution in [0.4, 0.5) is 35.1 Å². The summed E-state index contributed by atoms with van der Waals surface area (Å²) in [5.41, 5.74) is 0. The molecule has 0 aliphatic heterocycles. The van der Waals surface area contributed by atoms with Gasteiger partial charge in [0.15, 0.2) is 5.78 Å².